The number of halogens is 1. The Morgan fingerprint density at radius 3 is 2.06 bits per heavy atom. The summed E-state index contributed by atoms with van der Waals surface area (Å²) >= 11 is 0. The number of anilines is 1. The molecule has 0 unspecified atom stereocenters. The molecule has 0 radical (unpaired) electrons. The molecule has 0 atom stereocenters. The second-order valence-corrected chi connectivity index (χ2v) is 2.89. The van der Waals surface area contributed by atoms with E-state index in [-0.39, 0.29) is 0 Å². The van der Waals surface area contributed by atoms with Gasteiger partial charge in [0.25, 0.3) is 0 Å². The highest BCUT2D eigenvalue weighted by molar-refractivity contribution is 5.97. The van der Waals surface area contributed by atoms with Gasteiger partial charge in [-0.15, -0.1) is 0 Å². The largest absolute Gasteiger partial charge is 0.480 e. The molecule has 16 heavy (non-hydrogen) atoms. The molecular formula is C9H9FN2O4. The molecular weight excluding hydrogens is 219 g/mol. The van der Waals surface area contributed by atoms with E-state index in [0.29, 0.717) is 5.69 Å². The summed E-state index contributed by atoms with van der Waals surface area (Å²) in [4.78, 5) is 20.9. The van der Waals surface area contributed by atoms with Crippen molar-refractivity contribution in [1.82, 2.24) is 5.43 Å². The van der Waals surface area contributed by atoms with E-state index in [2.05, 4.69) is 10.9 Å². The maximum Gasteiger partial charge on any atom is 0.334 e. The minimum absolute atomic E-state index is 0.355. The molecule has 6 nitrogen and oxygen atoms in total. The van der Waals surface area contributed by atoms with Gasteiger partial charge in [-0.1, -0.05) is 0 Å². The summed E-state index contributed by atoms with van der Waals surface area (Å²) in [6, 6.07) is 3.21. The van der Waals surface area contributed by atoms with Gasteiger partial charge in [-0.3, -0.25) is 0 Å². The van der Waals surface area contributed by atoms with Gasteiger partial charge in [0, 0.05) is 5.69 Å². The van der Waals surface area contributed by atoms with Gasteiger partial charge in [0.15, 0.2) is 0 Å². The fourth-order valence-corrected chi connectivity index (χ4v) is 0.918. The van der Waals surface area contributed by atoms with E-state index in [1.807, 2.05) is 0 Å². The van der Waals surface area contributed by atoms with Crippen LogP contribution in [0.3, 0.4) is 0 Å². The lowest BCUT2D eigenvalue weighted by atomic mass is 10.3. The van der Waals surface area contributed by atoms with E-state index in [9.17, 15) is 14.0 Å². The van der Waals surface area contributed by atoms with Crippen LogP contribution in [-0.4, -0.2) is 28.2 Å². The van der Waals surface area contributed by atoms with E-state index in [1.165, 1.54) is 12.1 Å². The van der Waals surface area contributed by atoms with Gasteiger partial charge in [0.05, 0.1) is 0 Å². The van der Waals surface area contributed by atoms with Crippen molar-refractivity contribution < 1.29 is 24.2 Å². The van der Waals surface area contributed by atoms with Gasteiger partial charge in [-0.05, 0) is 24.3 Å². The molecule has 0 saturated carbocycles. The maximum atomic E-state index is 12.5. The van der Waals surface area contributed by atoms with Gasteiger partial charge in [-0.25, -0.2) is 19.4 Å². The van der Waals surface area contributed by atoms with Crippen molar-refractivity contribution in [2.24, 2.45) is 0 Å². The molecule has 86 valence electrons. The maximum absolute atomic E-state index is 12.5. The number of hydrogen-bond acceptors (Lipinski definition) is 4. The van der Waals surface area contributed by atoms with Crippen LogP contribution in [0.1, 0.15) is 0 Å². The summed E-state index contributed by atoms with van der Waals surface area (Å²) in [7, 11) is 0. The SMILES string of the molecule is O=C(O)C(NNc1ccc(F)cc1)C(=O)O. The number of carbonyl (C=O) groups is 2. The average molecular weight is 228 g/mol. The number of benzene rings is 1. The topological polar surface area (TPSA) is 98.7 Å². The van der Waals surface area contributed by atoms with Crippen LogP contribution in [0.25, 0.3) is 0 Å². The third-order valence-corrected chi connectivity index (χ3v) is 1.70. The summed E-state index contributed by atoms with van der Waals surface area (Å²) in [5, 5.41) is 17.0. The van der Waals surface area contributed by atoms with Crippen LogP contribution in [0.15, 0.2) is 24.3 Å². The van der Waals surface area contributed by atoms with Crippen molar-refractivity contribution in [3.63, 3.8) is 0 Å². The Morgan fingerprint density at radius 2 is 1.62 bits per heavy atom. The molecule has 0 aliphatic heterocycles. The molecule has 1 aromatic rings. The Kier molecular flexibility index (Phi) is 3.78. The van der Waals surface area contributed by atoms with Gasteiger partial charge in [0.1, 0.15) is 5.82 Å². The van der Waals surface area contributed by atoms with Gasteiger partial charge >= 0.3 is 11.9 Å². The van der Waals surface area contributed by atoms with Crippen molar-refractivity contribution >= 4 is 17.6 Å². The zero-order valence-corrected chi connectivity index (χ0v) is 7.98. The van der Waals surface area contributed by atoms with E-state index >= 15 is 0 Å². The number of nitrogens with one attached hydrogen (secondary N) is 2. The summed E-state index contributed by atoms with van der Waals surface area (Å²) in [5.41, 5.74) is 4.79. The minimum Gasteiger partial charge on any atom is -0.480 e. The first kappa shape index (κ1) is 11.9. The summed E-state index contributed by atoms with van der Waals surface area (Å²) in [5.74, 6) is -3.50. The Bertz CT molecular complexity index is 379. The zero-order valence-electron chi connectivity index (χ0n) is 7.98. The van der Waals surface area contributed by atoms with Crippen LogP contribution >= 0.6 is 0 Å². The van der Waals surface area contributed by atoms with E-state index in [4.69, 9.17) is 10.2 Å². The molecule has 0 aliphatic carbocycles. The lowest BCUT2D eigenvalue weighted by molar-refractivity contribution is -0.150. The molecule has 0 bridgehead atoms. The molecule has 0 fully saturated rings. The summed E-state index contributed by atoms with van der Waals surface area (Å²) in [6.07, 6.45) is 0. The lowest BCUT2D eigenvalue weighted by Crippen LogP contribution is -2.46. The number of aliphatic carboxylic acids is 2. The second kappa shape index (κ2) is 5.08. The standard InChI is InChI=1S/C9H9FN2O4/c10-5-1-3-6(4-2-5)11-12-7(8(13)14)9(15)16/h1-4,7,11-12H,(H,13,14)(H,15,16). The van der Waals surface area contributed by atoms with Crippen LogP contribution in [-0.2, 0) is 9.59 Å². The van der Waals surface area contributed by atoms with E-state index in [1.54, 1.807) is 0 Å². The molecule has 1 rings (SSSR count). The fourth-order valence-electron chi connectivity index (χ4n) is 0.918. The van der Waals surface area contributed by atoms with Crippen LogP contribution < -0.4 is 10.9 Å². The van der Waals surface area contributed by atoms with Crippen molar-refractivity contribution in [2.45, 2.75) is 6.04 Å². The van der Waals surface area contributed by atoms with Crippen molar-refractivity contribution in [1.29, 1.82) is 0 Å². The van der Waals surface area contributed by atoms with Gasteiger partial charge in [-0.2, -0.15) is 0 Å². The minimum atomic E-state index is -1.77. The van der Waals surface area contributed by atoms with Crippen molar-refractivity contribution in [2.75, 3.05) is 5.43 Å². The van der Waals surface area contributed by atoms with E-state index < -0.39 is 23.8 Å². The van der Waals surface area contributed by atoms with Crippen LogP contribution in [0.5, 0.6) is 0 Å². The number of carboxylic acid groups (broad SMARTS) is 2. The van der Waals surface area contributed by atoms with Crippen LogP contribution in [0, 0.1) is 5.82 Å². The average Bonchev–Trinajstić information content (AvgIpc) is 2.20. The van der Waals surface area contributed by atoms with Crippen LogP contribution in [0.2, 0.25) is 0 Å². The number of carboxylic acids is 2. The monoisotopic (exact) mass is 228 g/mol. The van der Waals surface area contributed by atoms with Gasteiger partial charge in [0.2, 0.25) is 6.04 Å². The summed E-state index contributed by atoms with van der Waals surface area (Å²) in [6.45, 7) is 0. The Morgan fingerprint density at radius 1 is 1.12 bits per heavy atom. The highest BCUT2D eigenvalue weighted by atomic mass is 19.1. The lowest BCUT2D eigenvalue weighted by Gasteiger charge is -2.11. The Balaban J connectivity index is 2.59. The molecule has 4 N–H and O–H groups in total. The highest BCUT2D eigenvalue weighted by Crippen LogP contribution is 2.06. The van der Waals surface area contributed by atoms with Crippen LogP contribution in [0.4, 0.5) is 10.1 Å². The number of rotatable bonds is 5. The third kappa shape index (κ3) is 3.21. The van der Waals surface area contributed by atoms with Crippen molar-refractivity contribution in [3.8, 4) is 0 Å². The second-order valence-electron chi connectivity index (χ2n) is 2.89. The smallest absolute Gasteiger partial charge is 0.334 e. The first-order chi connectivity index (χ1) is 7.50. The van der Waals surface area contributed by atoms with Crippen molar-refractivity contribution in [3.05, 3.63) is 30.1 Å². The quantitative estimate of drug-likeness (QED) is 0.427. The molecule has 1 aromatic carbocycles. The molecule has 0 spiro atoms. The Hall–Kier alpha value is -2.15. The van der Waals surface area contributed by atoms with Gasteiger partial charge < -0.3 is 15.6 Å². The Labute approximate surface area is 89.7 Å². The molecule has 0 aromatic heterocycles. The first-order valence-corrected chi connectivity index (χ1v) is 4.23. The predicted octanol–water partition coefficient (Wildman–Crippen LogP) is 0.280. The first-order valence-electron chi connectivity index (χ1n) is 4.23. The van der Waals surface area contributed by atoms with E-state index in [0.717, 1.165) is 12.1 Å². The molecule has 7 heteroatoms. The number of hydrogen-bond donors (Lipinski definition) is 4. The summed E-state index contributed by atoms with van der Waals surface area (Å²) < 4.78 is 12.5. The number of hydrazine groups is 1. The molecule has 0 heterocycles. The highest BCUT2D eigenvalue weighted by Gasteiger charge is 2.24. The third-order valence-electron chi connectivity index (χ3n) is 1.70. The predicted molar refractivity (Wildman–Crippen MR) is 52.2 cm³/mol. The fraction of sp³-hybridized carbons (Fsp3) is 0.111. The molecule has 0 amide bonds. The zero-order chi connectivity index (χ0) is 12.1. The normalized spacial score (nSPS) is 10.1. The molecule has 0 saturated heterocycles. The molecule has 0 aliphatic rings.